The van der Waals surface area contributed by atoms with Gasteiger partial charge < -0.3 is 19.7 Å². The smallest absolute Gasteiger partial charge is 0.336 e. The number of hydrogen-bond acceptors (Lipinski definition) is 6. The first-order chi connectivity index (χ1) is 27.0. The van der Waals surface area contributed by atoms with Gasteiger partial charge in [-0.3, -0.25) is 4.79 Å². The molecule has 292 valence electrons. The third kappa shape index (κ3) is 9.76. The van der Waals surface area contributed by atoms with Gasteiger partial charge in [-0.2, -0.15) is 5.26 Å². The molecule has 10 heteroatoms. The van der Waals surface area contributed by atoms with E-state index in [1.54, 1.807) is 18.2 Å². The Morgan fingerprint density at radius 1 is 0.947 bits per heavy atom. The van der Waals surface area contributed by atoms with Gasteiger partial charge in [0.1, 0.15) is 42.7 Å². The van der Waals surface area contributed by atoms with Crippen molar-refractivity contribution >= 4 is 56.1 Å². The van der Waals surface area contributed by atoms with Crippen molar-refractivity contribution in [2.24, 2.45) is 10.8 Å². The average molecular weight is 799 g/mol. The highest BCUT2D eigenvalue weighted by atomic mass is 32.2. The van der Waals surface area contributed by atoms with Crippen LogP contribution >= 0.6 is 11.8 Å². The first kappa shape index (κ1) is 41.2. The topological polar surface area (TPSA) is 110 Å². The Balaban J connectivity index is 1.17. The van der Waals surface area contributed by atoms with E-state index in [0.29, 0.717) is 29.2 Å². The molecular formula is C47H50N4O4S2+2. The van der Waals surface area contributed by atoms with Crippen LogP contribution in [0.5, 0.6) is 0 Å². The van der Waals surface area contributed by atoms with E-state index in [-0.39, 0.29) is 38.8 Å². The molecule has 2 aliphatic heterocycles. The number of anilines is 1. The molecule has 0 spiro atoms. The molecule has 0 aromatic heterocycles. The number of thioether (sulfide) groups is 1. The number of hydrogen-bond donors (Lipinski definition) is 2. The summed E-state index contributed by atoms with van der Waals surface area (Å²) in [7, 11) is 8.01. The number of nitrogens with one attached hydrogen (secondary N) is 1. The molecule has 0 saturated heterocycles. The minimum atomic E-state index is -1.14. The number of carbonyl (C=O) groups excluding carboxylic acids is 1. The summed E-state index contributed by atoms with van der Waals surface area (Å²) >= 11 is 1.50. The maximum absolute atomic E-state index is 13.4. The number of carboxylic acid groups (broad SMARTS) is 1. The van der Waals surface area contributed by atoms with Gasteiger partial charge in [0.2, 0.25) is 5.36 Å². The molecule has 2 N–H and O–H groups in total. The molecule has 0 bridgehead atoms. The minimum absolute atomic E-state index is 0.00506. The van der Waals surface area contributed by atoms with Crippen LogP contribution in [0.15, 0.2) is 89.4 Å². The zero-order valence-corrected chi connectivity index (χ0v) is 35.6. The Labute approximate surface area is 343 Å². The molecule has 3 aromatic rings. The molecule has 8 nitrogen and oxygen atoms in total. The van der Waals surface area contributed by atoms with Gasteiger partial charge in [0.15, 0.2) is 0 Å². The Kier molecular flexibility index (Phi) is 12.3. The maximum Gasteiger partial charge on any atom is 0.336 e. The van der Waals surface area contributed by atoms with Gasteiger partial charge in [0, 0.05) is 82.8 Å². The molecule has 0 atom stereocenters. The van der Waals surface area contributed by atoms with E-state index in [1.807, 2.05) is 74.1 Å². The molecular weight excluding hydrogens is 749 g/mol. The lowest BCUT2D eigenvalue weighted by Gasteiger charge is -2.19. The number of rotatable bonds is 11. The quantitative estimate of drug-likeness (QED) is 0.0346. The minimum Gasteiger partial charge on any atom is -0.478 e. The number of allylic oxidation sites excluding steroid dienone is 1. The highest BCUT2D eigenvalue weighted by Crippen LogP contribution is 2.42. The van der Waals surface area contributed by atoms with Gasteiger partial charge in [0.05, 0.1) is 28.5 Å². The number of aromatic carboxylic acids is 1. The summed E-state index contributed by atoms with van der Waals surface area (Å²) in [5, 5.41) is 24.7. The van der Waals surface area contributed by atoms with Crippen LogP contribution in [0, 0.1) is 34.0 Å². The first-order valence-corrected chi connectivity index (χ1v) is 21.6. The van der Waals surface area contributed by atoms with Crippen LogP contribution in [0.3, 0.4) is 0 Å². The van der Waals surface area contributed by atoms with E-state index in [1.165, 1.54) is 23.4 Å². The summed E-state index contributed by atoms with van der Waals surface area (Å²) in [6.45, 7) is 9.26. The molecule has 0 fully saturated rings. The van der Waals surface area contributed by atoms with E-state index < -0.39 is 5.97 Å². The van der Waals surface area contributed by atoms with Crippen LogP contribution < -0.4 is 20.1 Å². The molecule has 1 amide bonds. The number of carboxylic acids is 1. The summed E-state index contributed by atoms with van der Waals surface area (Å²) in [4.78, 5) is 29.1. The SMILES string of the molecule is CN(C)c1ccc2c(-c3ccc(C(=O)NCCS/C(=C\C#N)c4ccc(C[S+]5CC(C)(C)C#CC(C)(C)C5)cc4)cc3C(=O)O)c3ccc(=[N+](C)C)cc-3oc2c1. The molecule has 6 rings (SSSR count). The van der Waals surface area contributed by atoms with Crippen molar-refractivity contribution in [2.45, 2.75) is 33.4 Å². The van der Waals surface area contributed by atoms with Crippen molar-refractivity contribution in [3.63, 3.8) is 0 Å². The maximum atomic E-state index is 13.4. The third-order valence-electron chi connectivity index (χ3n) is 9.82. The summed E-state index contributed by atoms with van der Waals surface area (Å²) in [5.41, 5.74) is 6.05. The number of fused-ring (bicyclic) bond motifs is 2. The lowest BCUT2D eigenvalue weighted by Crippen LogP contribution is -2.29. The predicted octanol–water partition coefficient (Wildman–Crippen LogP) is 8.22. The van der Waals surface area contributed by atoms with Crippen LogP contribution in [0.1, 0.15) is 59.5 Å². The Hall–Kier alpha value is -5.42. The molecule has 3 aliphatic rings. The van der Waals surface area contributed by atoms with Gasteiger partial charge in [-0.1, -0.05) is 42.2 Å². The average Bonchev–Trinajstić information content (AvgIpc) is 3.27. The number of benzene rings is 4. The molecule has 0 radical (unpaired) electrons. The van der Waals surface area contributed by atoms with Crippen molar-refractivity contribution in [3.05, 3.63) is 113 Å². The van der Waals surface area contributed by atoms with Crippen molar-refractivity contribution < 1.29 is 19.1 Å². The van der Waals surface area contributed by atoms with Crippen LogP contribution in [0.2, 0.25) is 0 Å². The van der Waals surface area contributed by atoms with Crippen LogP contribution in [-0.2, 0) is 16.6 Å². The normalized spacial score (nSPS) is 15.0. The van der Waals surface area contributed by atoms with E-state index in [2.05, 4.69) is 75.2 Å². The highest BCUT2D eigenvalue weighted by Gasteiger charge is 2.37. The fourth-order valence-corrected chi connectivity index (χ4v) is 11.1. The summed E-state index contributed by atoms with van der Waals surface area (Å²) < 4.78 is 8.41. The summed E-state index contributed by atoms with van der Waals surface area (Å²) in [6.07, 6.45) is 1.54. The van der Waals surface area contributed by atoms with Crippen molar-refractivity contribution in [3.8, 4) is 40.4 Å². The van der Waals surface area contributed by atoms with Crippen molar-refractivity contribution in [1.29, 1.82) is 5.26 Å². The fourth-order valence-electron chi connectivity index (χ4n) is 7.07. The first-order valence-electron chi connectivity index (χ1n) is 18.9. The predicted molar refractivity (Wildman–Crippen MR) is 238 cm³/mol. The zero-order valence-electron chi connectivity index (χ0n) is 33.9. The lowest BCUT2D eigenvalue weighted by molar-refractivity contribution is 0.0697. The fraction of sp³-hybridized carbons (Fsp3) is 0.319. The van der Waals surface area contributed by atoms with Crippen molar-refractivity contribution in [2.75, 3.05) is 56.9 Å². The molecule has 57 heavy (non-hydrogen) atoms. The Morgan fingerprint density at radius 3 is 2.25 bits per heavy atom. The van der Waals surface area contributed by atoms with E-state index in [0.717, 1.165) is 55.3 Å². The standard InChI is InChI=1S/C47H48N4O4S2/c1-46(2)20-21-47(3,4)30-57(29-46)28-31-9-11-32(12-10-31)42(19-22-48)56-24-23-49-44(52)33-13-16-36(39(25-33)45(53)54)43-37-17-14-34(50(5)6)26-40(37)55-41-27-35(51(7)8)15-18-38(41)43/h9-19,25-27H,23-24,28-30H2,1-8H3/p+2/b42-19-. The Morgan fingerprint density at radius 2 is 1.61 bits per heavy atom. The summed E-state index contributed by atoms with van der Waals surface area (Å²) in [5.74, 6) is 9.80. The van der Waals surface area contributed by atoms with E-state index >= 15 is 0 Å². The van der Waals surface area contributed by atoms with E-state index in [9.17, 15) is 20.0 Å². The number of carbonyl (C=O) groups is 2. The number of nitriles is 1. The Bertz CT molecular complexity index is 2510. The monoisotopic (exact) mass is 798 g/mol. The van der Waals surface area contributed by atoms with Gasteiger partial charge in [-0.05, 0) is 80.0 Å². The van der Waals surface area contributed by atoms with Crippen LogP contribution in [0.4, 0.5) is 5.69 Å². The molecule has 2 heterocycles. The van der Waals surface area contributed by atoms with Crippen LogP contribution in [0.25, 0.3) is 38.3 Å². The molecule has 3 aromatic carbocycles. The molecule has 0 unspecified atom stereocenters. The third-order valence-corrected chi connectivity index (χ3v) is 13.9. The second-order valence-electron chi connectivity index (χ2n) is 16.2. The number of nitrogens with zero attached hydrogens (tertiary/aromatic N) is 3. The summed E-state index contributed by atoms with van der Waals surface area (Å²) in [6, 6.07) is 27.2. The van der Waals surface area contributed by atoms with Gasteiger partial charge in [-0.15, -0.1) is 11.8 Å². The van der Waals surface area contributed by atoms with E-state index in [4.69, 9.17) is 4.42 Å². The lowest BCUT2D eigenvalue weighted by atomic mass is 9.89. The molecule has 1 aliphatic carbocycles. The highest BCUT2D eigenvalue weighted by molar-refractivity contribution is 8.08. The van der Waals surface area contributed by atoms with Gasteiger partial charge in [-0.25, -0.2) is 9.37 Å². The largest absolute Gasteiger partial charge is 0.478 e. The second-order valence-corrected chi connectivity index (χ2v) is 19.4. The van der Waals surface area contributed by atoms with Gasteiger partial charge in [0.25, 0.3) is 5.91 Å². The van der Waals surface area contributed by atoms with Gasteiger partial charge >= 0.3 is 5.97 Å². The zero-order chi connectivity index (χ0) is 41.1. The number of amides is 1. The molecule has 0 saturated carbocycles. The van der Waals surface area contributed by atoms with Crippen molar-refractivity contribution in [1.82, 2.24) is 9.89 Å². The second kappa shape index (κ2) is 17.0. The van der Waals surface area contributed by atoms with Crippen LogP contribution in [-0.4, -0.2) is 69.0 Å².